The van der Waals surface area contributed by atoms with Crippen molar-refractivity contribution in [2.75, 3.05) is 39.2 Å². The molecule has 1 fully saturated rings. The number of anilines is 1. The van der Waals surface area contributed by atoms with Crippen LogP contribution in [0.3, 0.4) is 0 Å². The minimum Gasteiger partial charge on any atom is -0.481 e. The van der Waals surface area contributed by atoms with Crippen molar-refractivity contribution in [3.05, 3.63) is 75.4 Å². The van der Waals surface area contributed by atoms with E-state index in [-0.39, 0.29) is 5.91 Å². The zero-order valence-electron chi connectivity index (χ0n) is 25.7. The molecule has 2 aliphatic rings. The molecule has 12 heteroatoms. The van der Waals surface area contributed by atoms with Crippen molar-refractivity contribution in [1.29, 1.82) is 0 Å². The number of imidazole rings is 1. The fourth-order valence-corrected chi connectivity index (χ4v) is 6.58. The molecule has 45 heavy (non-hydrogen) atoms. The van der Waals surface area contributed by atoms with Crippen LogP contribution in [0.4, 0.5) is 5.69 Å². The van der Waals surface area contributed by atoms with Gasteiger partial charge in [0.2, 0.25) is 5.88 Å². The first-order valence-corrected chi connectivity index (χ1v) is 16.0. The third-order valence-electron chi connectivity index (χ3n) is 8.42. The number of benzene rings is 2. The molecule has 0 bridgehead atoms. The fourth-order valence-electron chi connectivity index (χ4n) is 5.99. The second kappa shape index (κ2) is 13.8. The Morgan fingerprint density at radius 2 is 1.80 bits per heavy atom. The quantitative estimate of drug-likeness (QED) is 0.233. The molecule has 4 heterocycles. The summed E-state index contributed by atoms with van der Waals surface area (Å²) in [4.78, 5) is 29.7. The minimum absolute atomic E-state index is 0.306. The highest BCUT2D eigenvalue weighted by Crippen LogP contribution is 2.41. The maximum absolute atomic E-state index is 13.5. The maximum Gasteiger partial charge on any atom is 0.291 e. The second-order valence-corrected chi connectivity index (χ2v) is 12.1. The van der Waals surface area contributed by atoms with E-state index in [1.54, 1.807) is 19.4 Å². The van der Waals surface area contributed by atoms with E-state index in [9.17, 15) is 4.79 Å². The standard InChI is InChI=1S/C33H37Cl2N7O3/c1-4-42-27-11-14-41(2)19-26(27)38-31(42)32(43)39-25-10-6-8-23(29(25)35)22-7-5-9-24(28(22)34)30-37-18-20(33(40-30)44-3)17-36-21-12-15-45-16-13-21/h5-10,18,21,36H,4,11-17,19H2,1-3H3,(H,39,43). The Morgan fingerprint density at radius 1 is 1.07 bits per heavy atom. The average Bonchev–Trinajstić information content (AvgIpc) is 3.43. The van der Waals surface area contributed by atoms with Crippen molar-refractivity contribution in [3.8, 4) is 28.4 Å². The maximum atomic E-state index is 13.5. The van der Waals surface area contributed by atoms with Gasteiger partial charge in [-0.25, -0.2) is 9.97 Å². The Morgan fingerprint density at radius 3 is 2.56 bits per heavy atom. The molecule has 0 atom stereocenters. The summed E-state index contributed by atoms with van der Waals surface area (Å²) >= 11 is 13.9. The predicted octanol–water partition coefficient (Wildman–Crippen LogP) is 5.85. The van der Waals surface area contributed by atoms with Crippen molar-refractivity contribution in [2.45, 2.75) is 51.9 Å². The lowest BCUT2D eigenvalue weighted by Crippen LogP contribution is -2.34. The molecule has 4 aromatic rings. The normalized spacial score (nSPS) is 15.6. The monoisotopic (exact) mass is 649 g/mol. The molecule has 0 spiro atoms. The smallest absolute Gasteiger partial charge is 0.291 e. The van der Waals surface area contributed by atoms with Gasteiger partial charge in [-0.3, -0.25) is 4.79 Å². The first-order valence-electron chi connectivity index (χ1n) is 15.2. The lowest BCUT2D eigenvalue weighted by atomic mass is 10.0. The number of hydrogen-bond acceptors (Lipinski definition) is 8. The Kier molecular flexibility index (Phi) is 9.67. The van der Waals surface area contributed by atoms with E-state index in [2.05, 4.69) is 27.6 Å². The number of nitrogens with zero attached hydrogens (tertiary/aromatic N) is 5. The zero-order valence-corrected chi connectivity index (χ0v) is 27.2. The van der Waals surface area contributed by atoms with Crippen LogP contribution in [0.2, 0.25) is 10.0 Å². The highest BCUT2D eigenvalue weighted by Gasteiger charge is 2.26. The van der Waals surface area contributed by atoms with Crippen molar-refractivity contribution in [3.63, 3.8) is 0 Å². The molecule has 2 aromatic carbocycles. The highest BCUT2D eigenvalue weighted by atomic mass is 35.5. The number of carbonyl (C=O) groups excluding carboxylic acids is 1. The van der Waals surface area contributed by atoms with Crippen molar-refractivity contribution < 1.29 is 14.3 Å². The van der Waals surface area contributed by atoms with Crippen LogP contribution in [0.25, 0.3) is 22.5 Å². The number of hydrogen-bond donors (Lipinski definition) is 2. The Bertz CT molecular complexity index is 1700. The first kappa shape index (κ1) is 31.4. The van der Waals surface area contributed by atoms with Gasteiger partial charge in [0.1, 0.15) is 0 Å². The van der Waals surface area contributed by atoms with Crippen LogP contribution < -0.4 is 15.4 Å². The van der Waals surface area contributed by atoms with Gasteiger partial charge in [0.15, 0.2) is 11.6 Å². The number of aromatic nitrogens is 4. The summed E-state index contributed by atoms with van der Waals surface area (Å²) in [5, 5.41) is 7.35. The molecule has 0 radical (unpaired) electrons. The number of rotatable bonds is 9. The molecule has 2 aromatic heterocycles. The summed E-state index contributed by atoms with van der Waals surface area (Å²) in [7, 11) is 3.66. The third-order valence-corrected chi connectivity index (χ3v) is 9.24. The van der Waals surface area contributed by atoms with Crippen molar-refractivity contribution >= 4 is 34.8 Å². The molecular weight excluding hydrogens is 613 g/mol. The number of amides is 1. The molecule has 1 amide bonds. The van der Waals surface area contributed by atoms with Crippen LogP contribution >= 0.6 is 23.2 Å². The zero-order chi connectivity index (χ0) is 31.5. The highest BCUT2D eigenvalue weighted by molar-refractivity contribution is 6.39. The molecule has 236 valence electrons. The third kappa shape index (κ3) is 6.57. The number of halogens is 2. The minimum atomic E-state index is -0.306. The molecule has 6 rings (SSSR count). The molecule has 1 saturated heterocycles. The van der Waals surface area contributed by atoms with E-state index in [4.69, 9.17) is 42.6 Å². The van der Waals surface area contributed by atoms with Gasteiger partial charge in [0.25, 0.3) is 5.91 Å². The molecule has 0 aliphatic carbocycles. The van der Waals surface area contributed by atoms with Gasteiger partial charge < -0.3 is 29.6 Å². The number of methoxy groups -OCH3 is 1. The summed E-state index contributed by atoms with van der Waals surface area (Å²) < 4.78 is 13.1. The van der Waals surface area contributed by atoms with E-state index < -0.39 is 0 Å². The van der Waals surface area contributed by atoms with Gasteiger partial charge in [0, 0.05) is 86.0 Å². The van der Waals surface area contributed by atoms with Crippen LogP contribution in [-0.4, -0.2) is 70.3 Å². The largest absolute Gasteiger partial charge is 0.481 e. The lowest BCUT2D eigenvalue weighted by molar-refractivity contribution is 0.0775. The number of nitrogens with one attached hydrogen (secondary N) is 2. The van der Waals surface area contributed by atoms with Gasteiger partial charge in [-0.05, 0) is 38.9 Å². The predicted molar refractivity (Wildman–Crippen MR) is 176 cm³/mol. The van der Waals surface area contributed by atoms with E-state index >= 15 is 0 Å². The van der Waals surface area contributed by atoms with Crippen LogP contribution in [0.5, 0.6) is 5.88 Å². The van der Waals surface area contributed by atoms with Crippen LogP contribution in [0, 0.1) is 0 Å². The Balaban J connectivity index is 1.25. The molecule has 0 saturated carbocycles. The summed E-state index contributed by atoms with van der Waals surface area (Å²) in [6, 6.07) is 11.5. The topological polar surface area (TPSA) is 106 Å². The lowest BCUT2D eigenvalue weighted by Gasteiger charge is -2.23. The summed E-state index contributed by atoms with van der Waals surface area (Å²) in [6.45, 7) is 6.46. The molecular formula is C33H37Cl2N7O3. The molecule has 2 N–H and O–H groups in total. The van der Waals surface area contributed by atoms with E-state index in [0.717, 1.165) is 62.5 Å². The first-order chi connectivity index (χ1) is 21.9. The SMILES string of the molecule is CCn1c(C(=O)Nc2cccc(-c3cccc(-c4ncc(CNC5CCOCC5)c(OC)n4)c3Cl)c2Cl)nc2c1CCN(C)C2. The molecule has 2 aliphatic heterocycles. The van der Waals surface area contributed by atoms with Crippen LogP contribution in [0.15, 0.2) is 42.6 Å². The molecule has 10 nitrogen and oxygen atoms in total. The molecule has 0 unspecified atom stereocenters. The van der Waals surface area contributed by atoms with Gasteiger partial charge in [0.05, 0.1) is 28.5 Å². The van der Waals surface area contributed by atoms with Gasteiger partial charge >= 0.3 is 0 Å². The number of fused-ring (bicyclic) bond motifs is 1. The van der Waals surface area contributed by atoms with Gasteiger partial charge in [-0.1, -0.05) is 47.5 Å². The Hall–Kier alpha value is -3.54. The average molecular weight is 651 g/mol. The van der Waals surface area contributed by atoms with Gasteiger partial charge in [-0.2, -0.15) is 4.98 Å². The van der Waals surface area contributed by atoms with Crippen LogP contribution in [0.1, 0.15) is 47.3 Å². The number of carbonyl (C=O) groups is 1. The van der Waals surface area contributed by atoms with Crippen LogP contribution in [-0.2, 0) is 30.8 Å². The van der Waals surface area contributed by atoms with E-state index in [1.165, 1.54) is 0 Å². The number of ether oxygens (including phenoxy) is 2. The van der Waals surface area contributed by atoms with E-state index in [1.807, 2.05) is 41.8 Å². The summed E-state index contributed by atoms with van der Waals surface area (Å²) in [5.74, 6) is 1.01. The summed E-state index contributed by atoms with van der Waals surface area (Å²) in [5.41, 5.74) is 5.40. The Labute approximate surface area is 273 Å². The van der Waals surface area contributed by atoms with Crippen molar-refractivity contribution in [2.24, 2.45) is 0 Å². The van der Waals surface area contributed by atoms with Crippen molar-refractivity contribution in [1.82, 2.24) is 29.7 Å². The number of likely N-dealkylation sites (N-methyl/N-ethyl adjacent to an activating group) is 1. The van der Waals surface area contributed by atoms with Gasteiger partial charge in [-0.15, -0.1) is 0 Å². The van der Waals surface area contributed by atoms with E-state index in [0.29, 0.717) is 69.1 Å². The second-order valence-electron chi connectivity index (χ2n) is 11.3. The fraction of sp³-hybridized carbons (Fsp3) is 0.394. The summed E-state index contributed by atoms with van der Waals surface area (Å²) in [6.07, 6.45) is 4.58.